The molecule has 0 bridgehead atoms. The normalized spacial score (nSPS) is 19.9. The van der Waals surface area contributed by atoms with Crippen molar-refractivity contribution in [1.29, 1.82) is 0 Å². The smallest absolute Gasteiger partial charge is 0.289 e. The van der Waals surface area contributed by atoms with Gasteiger partial charge >= 0.3 is 0 Å². The van der Waals surface area contributed by atoms with E-state index in [1.165, 1.54) is 24.3 Å². The average Bonchev–Trinajstić information content (AvgIpc) is 2.81. The van der Waals surface area contributed by atoms with E-state index in [0.717, 1.165) is 6.54 Å². The summed E-state index contributed by atoms with van der Waals surface area (Å²) in [4.78, 5) is 9.82. The Morgan fingerprint density at radius 1 is 1.39 bits per heavy atom. The van der Waals surface area contributed by atoms with Crippen molar-refractivity contribution >= 4 is 15.7 Å². The molecule has 8 heteroatoms. The lowest BCUT2D eigenvalue weighted by atomic mass is 10.3. The molecule has 1 fully saturated rings. The molecule has 98 valence electrons. The summed E-state index contributed by atoms with van der Waals surface area (Å²) >= 11 is 0. The Morgan fingerprint density at radius 2 is 2.11 bits per heavy atom. The minimum atomic E-state index is -3.85. The molecule has 0 aliphatic carbocycles. The number of nitro groups is 1. The maximum Gasteiger partial charge on any atom is 0.289 e. The van der Waals surface area contributed by atoms with Crippen molar-refractivity contribution in [3.63, 3.8) is 0 Å². The molecule has 7 nitrogen and oxygen atoms in total. The van der Waals surface area contributed by atoms with Gasteiger partial charge in [0.05, 0.1) is 4.92 Å². The second kappa shape index (κ2) is 5.01. The first-order chi connectivity index (χ1) is 8.50. The molecule has 0 radical (unpaired) electrons. The van der Waals surface area contributed by atoms with Gasteiger partial charge in [-0.2, -0.15) is 0 Å². The van der Waals surface area contributed by atoms with E-state index in [0.29, 0.717) is 13.0 Å². The van der Waals surface area contributed by atoms with Crippen LogP contribution in [-0.2, 0) is 10.0 Å². The van der Waals surface area contributed by atoms with Gasteiger partial charge in [0, 0.05) is 18.7 Å². The van der Waals surface area contributed by atoms with E-state index in [1.54, 1.807) is 0 Å². The summed E-state index contributed by atoms with van der Waals surface area (Å²) in [5.74, 6) is 0. The molecule has 0 amide bonds. The summed E-state index contributed by atoms with van der Waals surface area (Å²) in [6.07, 6.45) is 0.680. The molecule has 18 heavy (non-hydrogen) atoms. The zero-order valence-corrected chi connectivity index (χ0v) is 10.3. The molecule has 1 unspecified atom stereocenters. The first kappa shape index (κ1) is 12.9. The largest absolute Gasteiger partial charge is 0.315 e. The van der Waals surface area contributed by atoms with Crippen LogP contribution in [0.4, 0.5) is 5.69 Å². The number of rotatable bonds is 4. The third kappa shape index (κ3) is 2.66. The lowest BCUT2D eigenvalue weighted by Crippen LogP contribution is -2.36. The maximum absolute atomic E-state index is 12.1. The molecule has 0 aromatic heterocycles. The molecule has 1 aliphatic heterocycles. The van der Waals surface area contributed by atoms with Crippen molar-refractivity contribution in [1.82, 2.24) is 10.0 Å². The van der Waals surface area contributed by atoms with Crippen molar-refractivity contribution in [3.05, 3.63) is 34.4 Å². The van der Waals surface area contributed by atoms with Crippen LogP contribution in [0.2, 0.25) is 0 Å². The molecule has 1 aromatic carbocycles. The highest BCUT2D eigenvalue weighted by Gasteiger charge is 2.28. The van der Waals surface area contributed by atoms with Gasteiger partial charge in [0.1, 0.15) is 0 Å². The summed E-state index contributed by atoms with van der Waals surface area (Å²) in [5.41, 5.74) is -0.407. The van der Waals surface area contributed by atoms with Crippen LogP contribution in [0.5, 0.6) is 0 Å². The fraction of sp³-hybridized carbons (Fsp3) is 0.400. The Labute approximate surface area is 104 Å². The monoisotopic (exact) mass is 271 g/mol. The van der Waals surface area contributed by atoms with E-state index in [9.17, 15) is 18.5 Å². The zero-order chi connectivity index (χ0) is 13.2. The van der Waals surface area contributed by atoms with E-state index >= 15 is 0 Å². The fourth-order valence-corrected chi connectivity index (χ4v) is 3.32. The average molecular weight is 271 g/mol. The highest BCUT2D eigenvalue weighted by molar-refractivity contribution is 7.89. The van der Waals surface area contributed by atoms with E-state index in [1.807, 2.05) is 0 Å². The number of nitro benzene ring substituents is 1. The SMILES string of the molecule is O=[N+]([O-])c1ccccc1S(=O)(=O)NC1CCNC1. The highest BCUT2D eigenvalue weighted by atomic mass is 32.2. The Kier molecular flexibility index (Phi) is 3.60. The van der Waals surface area contributed by atoms with Gasteiger partial charge in [-0.25, -0.2) is 13.1 Å². The molecule has 1 aromatic rings. The van der Waals surface area contributed by atoms with E-state index in [-0.39, 0.29) is 10.9 Å². The van der Waals surface area contributed by atoms with Crippen molar-refractivity contribution in [2.24, 2.45) is 0 Å². The predicted octanol–water partition coefficient (Wildman–Crippen LogP) is 0.235. The summed E-state index contributed by atoms with van der Waals surface area (Å²) < 4.78 is 26.6. The Bertz CT molecular complexity index is 552. The molecular formula is C10H13N3O4S. The first-order valence-corrected chi connectivity index (χ1v) is 6.95. The number of nitrogens with one attached hydrogen (secondary N) is 2. The molecule has 1 saturated heterocycles. The number of nitrogens with zero attached hydrogens (tertiary/aromatic N) is 1. The Hall–Kier alpha value is -1.51. The van der Waals surface area contributed by atoms with Gasteiger partial charge in [0.25, 0.3) is 5.69 Å². The minimum Gasteiger partial charge on any atom is -0.315 e. The van der Waals surface area contributed by atoms with Crippen LogP contribution in [0.3, 0.4) is 0 Å². The number of benzene rings is 1. The molecule has 1 atom stereocenters. The number of hydrogen-bond donors (Lipinski definition) is 2. The van der Waals surface area contributed by atoms with Gasteiger partial charge in [-0.3, -0.25) is 10.1 Å². The van der Waals surface area contributed by atoms with Crippen LogP contribution in [-0.4, -0.2) is 32.5 Å². The van der Waals surface area contributed by atoms with Crippen LogP contribution in [0.1, 0.15) is 6.42 Å². The Balaban J connectivity index is 2.31. The van der Waals surface area contributed by atoms with Gasteiger partial charge in [0.15, 0.2) is 4.90 Å². The van der Waals surface area contributed by atoms with Crippen molar-refractivity contribution < 1.29 is 13.3 Å². The fourth-order valence-electron chi connectivity index (χ4n) is 1.87. The maximum atomic E-state index is 12.1. The van der Waals surface area contributed by atoms with Crippen molar-refractivity contribution in [2.45, 2.75) is 17.4 Å². The number of hydrogen-bond acceptors (Lipinski definition) is 5. The van der Waals surface area contributed by atoms with E-state index in [2.05, 4.69) is 10.0 Å². The zero-order valence-electron chi connectivity index (χ0n) is 9.50. The second-order valence-electron chi connectivity index (χ2n) is 4.04. The van der Waals surface area contributed by atoms with Gasteiger partial charge in [-0.15, -0.1) is 0 Å². The standard InChI is InChI=1S/C10H13N3O4S/c14-13(15)9-3-1-2-4-10(9)18(16,17)12-8-5-6-11-7-8/h1-4,8,11-12H,5-7H2. The summed E-state index contributed by atoms with van der Waals surface area (Å²) in [6, 6.07) is 5.11. The molecule has 1 heterocycles. The quantitative estimate of drug-likeness (QED) is 0.603. The van der Waals surface area contributed by atoms with Gasteiger partial charge in [0.2, 0.25) is 10.0 Å². The topological polar surface area (TPSA) is 101 Å². The predicted molar refractivity (Wildman–Crippen MR) is 64.7 cm³/mol. The second-order valence-corrected chi connectivity index (χ2v) is 5.72. The van der Waals surface area contributed by atoms with Crippen LogP contribution < -0.4 is 10.0 Å². The van der Waals surface area contributed by atoms with Crippen LogP contribution in [0.15, 0.2) is 29.2 Å². The van der Waals surface area contributed by atoms with Crippen molar-refractivity contribution in [2.75, 3.05) is 13.1 Å². The summed E-state index contributed by atoms with van der Waals surface area (Å²) in [5, 5.41) is 13.8. The Morgan fingerprint density at radius 3 is 2.72 bits per heavy atom. The molecule has 0 saturated carbocycles. The third-order valence-electron chi connectivity index (χ3n) is 2.73. The molecular weight excluding hydrogens is 258 g/mol. The minimum absolute atomic E-state index is 0.213. The molecule has 1 aliphatic rings. The third-order valence-corrected chi connectivity index (χ3v) is 4.30. The van der Waals surface area contributed by atoms with E-state index < -0.39 is 20.6 Å². The van der Waals surface area contributed by atoms with E-state index in [4.69, 9.17) is 0 Å². The highest BCUT2D eigenvalue weighted by Crippen LogP contribution is 2.23. The summed E-state index contributed by atoms with van der Waals surface area (Å²) in [7, 11) is -3.85. The molecule has 2 rings (SSSR count). The summed E-state index contributed by atoms with van der Waals surface area (Å²) in [6.45, 7) is 1.28. The lowest BCUT2D eigenvalue weighted by molar-refractivity contribution is -0.387. The van der Waals surface area contributed by atoms with Crippen molar-refractivity contribution in [3.8, 4) is 0 Å². The molecule has 0 spiro atoms. The van der Waals surface area contributed by atoms with Gasteiger partial charge < -0.3 is 5.32 Å². The van der Waals surface area contributed by atoms with Gasteiger partial charge in [-0.05, 0) is 19.0 Å². The van der Waals surface area contributed by atoms with Crippen LogP contribution in [0.25, 0.3) is 0 Å². The van der Waals surface area contributed by atoms with Crippen LogP contribution >= 0.6 is 0 Å². The number of para-hydroxylation sites is 1. The lowest BCUT2D eigenvalue weighted by Gasteiger charge is -2.11. The number of sulfonamides is 1. The first-order valence-electron chi connectivity index (χ1n) is 5.47. The molecule has 2 N–H and O–H groups in total. The van der Waals surface area contributed by atoms with Gasteiger partial charge in [-0.1, -0.05) is 12.1 Å². The van der Waals surface area contributed by atoms with Crippen LogP contribution in [0, 0.1) is 10.1 Å².